The molecule has 2 aromatic rings. The molecule has 1 unspecified atom stereocenters. The Kier molecular flexibility index (Phi) is 8.73. The van der Waals surface area contributed by atoms with Gasteiger partial charge in [-0.15, -0.1) is 0 Å². The lowest BCUT2D eigenvalue weighted by atomic mass is 9.96. The molecule has 0 amide bonds. The van der Waals surface area contributed by atoms with Gasteiger partial charge in [0, 0.05) is 54.9 Å². The Morgan fingerprint density at radius 2 is 1.89 bits per heavy atom. The van der Waals surface area contributed by atoms with Gasteiger partial charge in [0.1, 0.15) is 5.75 Å². The van der Waals surface area contributed by atoms with Crippen LogP contribution in [-0.2, 0) is 0 Å². The smallest absolute Gasteiger partial charge is 0.324 e. The third-order valence-corrected chi connectivity index (χ3v) is 7.81. The van der Waals surface area contributed by atoms with E-state index in [1.165, 1.54) is 24.5 Å². The van der Waals surface area contributed by atoms with Gasteiger partial charge in [0.25, 0.3) is 0 Å². The molecule has 208 valence electrons. The Labute approximate surface area is 222 Å². The Hall–Kier alpha value is -2.97. The van der Waals surface area contributed by atoms with Crippen LogP contribution >= 0.6 is 0 Å². The first-order valence-electron chi connectivity index (χ1n) is 13.4. The number of aromatic nitrogens is 1. The van der Waals surface area contributed by atoms with E-state index in [-0.39, 0.29) is 18.0 Å². The van der Waals surface area contributed by atoms with Gasteiger partial charge >= 0.3 is 12.3 Å². The van der Waals surface area contributed by atoms with Gasteiger partial charge in [-0.3, -0.25) is 0 Å². The van der Waals surface area contributed by atoms with Gasteiger partial charge in [0.2, 0.25) is 5.88 Å². The summed E-state index contributed by atoms with van der Waals surface area (Å²) >= 11 is 0. The average Bonchev–Trinajstić information content (AvgIpc) is 3.76. The van der Waals surface area contributed by atoms with E-state index in [4.69, 9.17) is 4.74 Å². The molecule has 0 spiro atoms. The zero-order valence-corrected chi connectivity index (χ0v) is 22.1. The van der Waals surface area contributed by atoms with Crippen molar-refractivity contribution in [2.75, 3.05) is 37.7 Å². The van der Waals surface area contributed by atoms with E-state index in [0.717, 1.165) is 23.7 Å². The SMILES string of the molecule is C=C(c1ccc(O)cc1N1CCC(COc2cc(C(C)C3CC3)ccn2)CC1)N(CC)CC(F)(F)C(F)F. The van der Waals surface area contributed by atoms with E-state index in [9.17, 15) is 22.7 Å². The fraction of sp³-hybridized carbons (Fsp3) is 0.552. The maximum absolute atomic E-state index is 13.8. The van der Waals surface area contributed by atoms with Crippen LogP contribution in [0.4, 0.5) is 23.2 Å². The minimum atomic E-state index is -4.15. The van der Waals surface area contributed by atoms with Crippen LogP contribution in [-0.4, -0.2) is 60.1 Å². The number of ether oxygens (including phenoxy) is 1. The summed E-state index contributed by atoms with van der Waals surface area (Å²) in [6.45, 7) is 8.67. The number of halogens is 4. The number of nitrogens with zero attached hydrogens (tertiary/aromatic N) is 3. The van der Waals surface area contributed by atoms with Crippen LogP contribution in [0.25, 0.3) is 5.70 Å². The number of piperidine rings is 1. The molecule has 2 heterocycles. The van der Waals surface area contributed by atoms with Crippen molar-refractivity contribution in [1.29, 1.82) is 0 Å². The molecule has 38 heavy (non-hydrogen) atoms. The number of hydrogen-bond donors (Lipinski definition) is 1. The lowest BCUT2D eigenvalue weighted by molar-refractivity contribution is -0.136. The molecular weight excluding hydrogens is 498 g/mol. The summed E-state index contributed by atoms with van der Waals surface area (Å²) in [5.41, 5.74) is 2.67. The van der Waals surface area contributed by atoms with E-state index in [0.29, 0.717) is 48.7 Å². The maximum atomic E-state index is 13.8. The number of phenolic OH excluding ortho intramolecular Hbond substituents is 1. The molecule has 9 heteroatoms. The van der Waals surface area contributed by atoms with E-state index in [1.54, 1.807) is 25.3 Å². The molecule has 5 nitrogen and oxygen atoms in total. The van der Waals surface area contributed by atoms with Crippen molar-refractivity contribution < 1.29 is 27.4 Å². The molecule has 0 radical (unpaired) electrons. The molecule has 2 fully saturated rings. The molecule has 1 saturated heterocycles. The highest BCUT2D eigenvalue weighted by Gasteiger charge is 2.42. The van der Waals surface area contributed by atoms with Crippen molar-refractivity contribution in [1.82, 2.24) is 9.88 Å². The van der Waals surface area contributed by atoms with Crippen LogP contribution in [0.3, 0.4) is 0 Å². The summed E-state index contributed by atoms with van der Waals surface area (Å²) in [5, 5.41) is 10.2. The van der Waals surface area contributed by atoms with E-state index in [1.807, 2.05) is 6.07 Å². The van der Waals surface area contributed by atoms with Crippen molar-refractivity contribution in [3.05, 3.63) is 54.2 Å². The first kappa shape index (κ1) is 28.0. The zero-order valence-electron chi connectivity index (χ0n) is 22.1. The zero-order chi connectivity index (χ0) is 27.4. The molecule has 4 rings (SSSR count). The Balaban J connectivity index is 1.38. The number of anilines is 1. The molecule has 1 N–H and O–H groups in total. The van der Waals surface area contributed by atoms with E-state index >= 15 is 0 Å². The summed E-state index contributed by atoms with van der Waals surface area (Å²) in [4.78, 5) is 7.61. The topological polar surface area (TPSA) is 48.8 Å². The number of phenols is 1. The monoisotopic (exact) mass is 535 g/mol. The van der Waals surface area contributed by atoms with Crippen LogP contribution in [0.5, 0.6) is 11.6 Å². The molecule has 1 aromatic heterocycles. The fourth-order valence-electron chi connectivity index (χ4n) is 5.12. The van der Waals surface area contributed by atoms with Crippen molar-refractivity contribution in [3.8, 4) is 11.6 Å². The lowest BCUT2D eigenvalue weighted by Gasteiger charge is -2.36. The number of pyridine rings is 1. The highest BCUT2D eigenvalue weighted by atomic mass is 19.3. The van der Waals surface area contributed by atoms with Gasteiger partial charge in [0.05, 0.1) is 13.2 Å². The predicted octanol–water partition coefficient (Wildman–Crippen LogP) is 6.79. The van der Waals surface area contributed by atoms with Crippen molar-refractivity contribution in [2.24, 2.45) is 11.8 Å². The maximum Gasteiger partial charge on any atom is 0.324 e. The average molecular weight is 536 g/mol. The second-order valence-electron chi connectivity index (χ2n) is 10.5. The van der Waals surface area contributed by atoms with Gasteiger partial charge in [-0.05, 0) is 74.1 Å². The molecule has 1 aliphatic carbocycles. The summed E-state index contributed by atoms with van der Waals surface area (Å²) in [6.07, 6.45) is 2.28. The highest BCUT2D eigenvalue weighted by Crippen LogP contribution is 2.42. The number of hydrogen-bond acceptors (Lipinski definition) is 5. The molecular formula is C29H37F4N3O2. The minimum Gasteiger partial charge on any atom is -0.508 e. The molecule has 1 aromatic carbocycles. The number of aromatic hydroxyl groups is 1. The van der Waals surface area contributed by atoms with Crippen molar-refractivity contribution in [3.63, 3.8) is 0 Å². The third kappa shape index (κ3) is 6.72. The largest absolute Gasteiger partial charge is 0.508 e. The van der Waals surface area contributed by atoms with Gasteiger partial charge in [0.15, 0.2) is 0 Å². The Morgan fingerprint density at radius 1 is 1.18 bits per heavy atom. The first-order chi connectivity index (χ1) is 18.1. The van der Waals surface area contributed by atoms with Crippen LogP contribution in [0.2, 0.25) is 0 Å². The molecule has 0 bridgehead atoms. The normalized spacial score (nSPS) is 17.5. The standard InChI is InChI=1S/C29H37F4N3O2/c1-4-35(18-29(32,33)28(30)31)20(3)25-8-7-24(37)16-26(25)36-13-10-21(11-14-36)17-38-27-15-23(9-12-34-27)19(2)22-5-6-22/h7-9,12,15-16,19,21-22,28,37H,3-6,10-11,13-14,17-18H2,1-2H3. The van der Waals surface area contributed by atoms with Gasteiger partial charge in [-0.1, -0.05) is 13.5 Å². The number of alkyl halides is 4. The predicted molar refractivity (Wildman–Crippen MR) is 141 cm³/mol. The summed E-state index contributed by atoms with van der Waals surface area (Å²) in [5.74, 6) is -1.88. The fourth-order valence-corrected chi connectivity index (χ4v) is 5.12. The van der Waals surface area contributed by atoms with Crippen LogP contribution in [0, 0.1) is 11.8 Å². The second kappa shape index (κ2) is 11.8. The molecule has 1 atom stereocenters. The quantitative estimate of drug-likeness (QED) is 0.303. The highest BCUT2D eigenvalue weighted by molar-refractivity contribution is 5.76. The molecule has 2 aliphatic rings. The molecule has 1 aliphatic heterocycles. The Bertz CT molecular complexity index is 1100. The first-order valence-corrected chi connectivity index (χ1v) is 13.4. The van der Waals surface area contributed by atoms with Gasteiger partial charge in [-0.2, -0.15) is 8.78 Å². The molecule has 1 saturated carbocycles. The van der Waals surface area contributed by atoms with E-state index < -0.39 is 18.9 Å². The van der Waals surface area contributed by atoms with Crippen molar-refractivity contribution >= 4 is 11.4 Å². The summed E-state index contributed by atoms with van der Waals surface area (Å²) in [6, 6.07) is 8.73. The summed E-state index contributed by atoms with van der Waals surface area (Å²) in [7, 11) is 0. The minimum absolute atomic E-state index is 0.0364. The second-order valence-corrected chi connectivity index (χ2v) is 10.5. The van der Waals surface area contributed by atoms with Gasteiger partial charge < -0.3 is 19.6 Å². The van der Waals surface area contributed by atoms with E-state index in [2.05, 4.69) is 29.5 Å². The van der Waals surface area contributed by atoms with Gasteiger partial charge in [-0.25, -0.2) is 13.8 Å². The lowest BCUT2D eigenvalue weighted by Crippen LogP contribution is -2.41. The Morgan fingerprint density at radius 3 is 2.53 bits per heavy atom. The third-order valence-electron chi connectivity index (χ3n) is 7.81. The van der Waals surface area contributed by atoms with Crippen LogP contribution in [0.15, 0.2) is 43.1 Å². The van der Waals surface area contributed by atoms with Crippen molar-refractivity contribution in [2.45, 2.75) is 57.8 Å². The number of rotatable bonds is 12. The van der Waals surface area contributed by atoms with Crippen LogP contribution in [0.1, 0.15) is 56.6 Å². The summed E-state index contributed by atoms with van der Waals surface area (Å²) < 4.78 is 59.3. The van der Waals surface area contributed by atoms with Crippen LogP contribution < -0.4 is 9.64 Å². The number of benzene rings is 1.